The van der Waals surface area contributed by atoms with Crippen molar-refractivity contribution < 1.29 is 14.3 Å². The van der Waals surface area contributed by atoms with Crippen LogP contribution in [-0.4, -0.2) is 32.3 Å². The summed E-state index contributed by atoms with van der Waals surface area (Å²) in [7, 11) is 0. The number of rotatable bonds is 10. The predicted molar refractivity (Wildman–Crippen MR) is 80.2 cm³/mol. The van der Waals surface area contributed by atoms with Crippen molar-refractivity contribution in [2.24, 2.45) is 0 Å². The summed E-state index contributed by atoms with van der Waals surface area (Å²) >= 11 is 5.77. The number of nitrogens with one attached hydrogen (secondary N) is 1. The van der Waals surface area contributed by atoms with Crippen LogP contribution in [0.4, 0.5) is 0 Å². The first kappa shape index (κ1) is 16.5. The largest absolute Gasteiger partial charge is 0.491 e. The predicted octanol–water partition coefficient (Wildman–Crippen LogP) is 2.82. The van der Waals surface area contributed by atoms with Gasteiger partial charge in [0.05, 0.1) is 6.61 Å². The van der Waals surface area contributed by atoms with Gasteiger partial charge in [-0.2, -0.15) is 0 Å². The summed E-state index contributed by atoms with van der Waals surface area (Å²) in [4.78, 5) is 10.9. The van der Waals surface area contributed by atoms with Gasteiger partial charge in [0.15, 0.2) is 0 Å². The number of amides is 1. The fraction of sp³-hybridized carbons (Fsp3) is 0.400. The Morgan fingerprint density at radius 2 is 1.95 bits per heavy atom. The Bertz CT molecular complexity index is 406. The van der Waals surface area contributed by atoms with E-state index in [0.717, 1.165) is 18.6 Å². The highest BCUT2D eigenvalue weighted by Gasteiger charge is 1.95. The van der Waals surface area contributed by atoms with Crippen molar-refractivity contribution in [1.29, 1.82) is 0 Å². The molecule has 1 N–H and O–H groups in total. The van der Waals surface area contributed by atoms with Crippen LogP contribution in [0.5, 0.6) is 5.75 Å². The van der Waals surface area contributed by atoms with Crippen LogP contribution in [0.15, 0.2) is 36.9 Å². The normalized spacial score (nSPS) is 10.1. The van der Waals surface area contributed by atoms with Crippen molar-refractivity contribution >= 4 is 17.5 Å². The van der Waals surface area contributed by atoms with Crippen LogP contribution in [0.1, 0.15) is 12.8 Å². The number of carbonyl (C=O) groups is 1. The Labute approximate surface area is 124 Å². The fourth-order valence-corrected chi connectivity index (χ4v) is 1.59. The molecule has 0 aliphatic heterocycles. The minimum absolute atomic E-state index is 0.137. The zero-order valence-corrected chi connectivity index (χ0v) is 12.2. The topological polar surface area (TPSA) is 47.6 Å². The summed E-state index contributed by atoms with van der Waals surface area (Å²) in [5.74, 6) is 0.646. The Hall–Kier alpha value is -1.52. The second-order valence-electron chi connectivity index (χ2n) is 4.12. The van der Waals surface area contributed by atoms with Gasteiger partial charge in [0.1, 0.15) is 12.4 Å². The van der Waals surface area contributed by atoms with Gasteiger partial charge in [-0.25, -0.2) is 0 Å². The molecular formula is C15H20ClNO3. The van der Waals surface area contributed by atoms with E-state index in [2.05, 4.69) is 11.9 Å². The van der Waals surface area contributed by atoms with Crippen molar-refractivity contribution in [3.8, 4) is 5.75 Å². The summed E-state index contributed by atoms with van der Waals surface area (Å²) in [5.41, 5.74) is 0. The number of carbonyl (C=O) groups excluding carboxylic acids is 1. The summed E-state index contributed by atoms with van der Waals surface area (Å²) in [6.45, 7) is 5.74. The van der Waals surface area contributed by atoms with Gasteiger partial charge in [0.25, 0.3) is 0 Å². The van der Waals surface area contributed by atoms with Crippen LogP contribution in [0.25, 0.3) is 0 Å². The SMILES string of the molecule is C=CC(=O)NCCCCOCCOc1ccc(Cl)cc1. The molecule has 4 nitrogen and oxygen atoms in total. The van der Waals surface area contributed by atoms with E-state index in [-0.39, 0.29) is 5.91 Å². The molecule has 0 radical (unpaired) electrons. The highest BCUT2D eigenvalue weighted by molar-refractivity contribution is 6.30. The first-order valence-electron chi connectivity index (χ1n) is 6.59. The maximum atomic E-state index is 10.9. The number of hydrogen-bond acceptors (Lipinski definition) is 3. The lowest BCUT2D eigenvalue weighted by molar-refractivity contribution is -0.116. The van der Waals surface area contributed by atoms with Gasteiger partial charge in [0.2, 0.25) is 5.91 Å². The summed E-state index contributed by atoms with van der Waals surface area (Å²) < 4.78 is 10.9. The van der Waals surface area contributed by atoms with E-state index in [1.54, 1.807) is 12.1 Å². The molecule has 0 bridgehead atoms. The first-order valence-corrected chi connectivity index (χ1v) is 6.96. The van der Waals surface area contributed by atoms with Crippen molar-refractivity contribution in [1.82, 2.24) is 5.32 Å². The molecule has 0 unspecified atom stereocenters. The summed E-state index contributed by atoms with van der Waals surface area (Å²) in [6.07, 6.45) is 3.06. The van der Waals surface area contributed by atoms with Crippen LogP contribution in [0.2, 0.25) is 5.02 Å². The molecular weight excluding hydrogens is 278 g/mol. The van der Waals surface area contributed by atoms with Crippen molar-refractivity contribution in [2.75, 3.05) is 26.4 Å². The molecule has 0 saturated carbocycles. The average molecular weight is 298 g/mol. The number of halogens is 1. The highest BCUT2D eigenvalue weighted by Crippen LogP contribution is 2.15. The Morgan fingerprint density at radius 1 is 1.20 bits per heavy atom. The summed E-state index contributed by atoms with van der Waals surface area (Å²) in [5, 5.41) is 3.40. The van der Waals surface area contributed by atoms with Crippen LogP contribution < -0.4 is 10.1 Å². The second-order valence-corrected chi connectivity index (χ2v) is 4.55. The van der Waals surface area contributed by atoms with E-state index in [0.29, 0.717) is 31.4 Å². The van der Waals surface area contributed by atoms with E-state index in [9.17, 15) is 4.79 Å². The van der Waals surface area contributed by atoms with E-state index < -0.39 is 0 Å². The van der Waals surface area contributed by atoms with Gasteiger partial charge >= 0.3 is 0 Å². The van der Waals surface area contributed by atoms with Crippen molar-refractivity contribution in [3.63, 3.8) is 0 Å². The second kappa shape index (κ2) is 10.3. The Morgan fingerprint density at radius 3 is 2.65 bits per heavy atom. The number of benzene rings is 1. The maximum Gasteiger partial charge on any atom is 0.243 e. The highest BCUT2D eigenvalue weighted by atomic mass is 35.5. The molecule has 0 atom stereocenters. The number of hydrogen-bond donors (Lipinski definition) is 1. The quantitative estimate of drug-likeness (QED) is 0.533. The zero-order chi connectivity index (χ0) is 14.6. The monoisotopic (exact) mass is 297 g/mol. The van der Waals surface area contributed by atoms with Gasteiger partial charge in [-0.1, -0.05) is 18.2 Å². The molecule has 0 aromatic heterocycles. The molecule has 1 aromatic rings. The molecule has 1 rings (SSSR count). The maximum absolute atomic E-state index is 10.9. The molecule has 0 fully saturated rings. The van der Waals surface area contributed by atoms with Crippen LogP contribution in [-0.2, 0) is 9.53 Å². The molecule has 0 aliphatic rings. The molecule has 5 heteroatoms. The molecule has 0 heterocycles. The third kappa shape index (κ3) is 7.81. The average Bonchev–Trinajstić information content (AvgIpc) is 2.47. The van der Waals surface area contributed by atoms with Crippen molar-refractivity contribution in [3.05, 3.63) is 41.9 Å². The van der Waals surface area contributed by atoms with E-state index >= 15 is 0 Å². The lowest BCUT2D eigenvalue weighted by Crippen LogP contribution is -2.22. The minimum Gasteiger partial charge on any atom is -0.491 e. The van der Waals surface area contributed by atoms with Gasteiger partial charge in [-0.05, 0) is 43.2 Å². The van der Waals surface area contributed by atoms with Crippen molar-refractivity contribution in [2.45, 2.75) is 12.8 Å². The molecule has 1 amide bonds. The van der Waals surface area contributed by atoms with Crippen LogP contribution in [0.3, 0.4) is 0 Å². The number of unbranched alkanes of at least 4 members (excludes halogenated alkanes) is 1. The van der Waals surface area contributed by atoms with Crippen LogP contribution >= 0.6 is 11.6 Å². The number of ether oxygens (including phenoxy) is 2. The fourth-order valence-electron chi connectivity index (χ4n) is 1.46. The van der Waals surface area contributed by atoms with Crippen LogP contribution in [0, 0.1) is 0 Å². The van der Waals surface area contributed by atoms with Gasteiger partial charge in [-0.3, -0.25) is 4.79 Å². The van der Waals surface area contributed by atoms with Gasteiger partial charge in [-0.15, -0.1) is 0 Å². The van der Waals surface area contributed by atoms with E-state index in [1.807, 2.05) is 12.1 Å². The van der Waals surface area contributed by atoms with Gasteiger partial charge < -0.3 is 14.8 Å². The Kier molecular flexibility index (Phi) is 8.51. The molecule has 110 valence electrons. The smallest absolute Gasteiger partial charge is 0.243 e. The van der Waals surface area contributed by atoms with E-state index in [1.165, 1.54) is 6.08 Å². The summed E-state index contributed by atoms with van der Waals surface area (Å²) in [6, 6.07) is 7.22. The first-order chi connectivity index (χ1) is 9.72. The standard InChI is InChI=1S/C15H20ClNO3/c1-2-15(18)17-9-3-4-10-19-11-12-20-14-7-5-13(16)6-8-14/h2,5-8H,1,3-4,9-12H2,(H,17,18). The third-order valence-corrected chi connectivity index (χ3v) is 2.76. The Balaban J connectivity index is 1.91. The van der Waals surface area contributed by atoms with E-state index in [4.69, 9.17) is 21.1 Å². The lowest BCUT2D eigenvalue weighted by Gasteiger charge is -2.07. The molecule has 0 spiro atoms. The third-order valence-electron chi connectivity index (χ3n) is 2.51. The molecule has 20 heavy (non-hydrogen) atoms. The lowest BCUT2D eigenvalue weighted by atomic mass is 10.3. The zero-order valence-electron chi connectivity index (χ0n) is 11.4. The molecule has 0 aliphatic carbocycles. The molecule has 0 saturated heterocycles. The molecule has 1 aromatic carbocycles. The minimum atomic E-state index is -0.137. The van der Waals surface area contributed by atoms with Gasteiger partial charge in [0, 0.05) is 18.2 Å².